The van der Waals surface area contributed by atoms with Gasteiger partial charge in [0.15, 0.2) is 11.6 Å². The summed E-state index contributed by atoms with van der Waals surface area (Å²) in [6.07, 6.45) is 5.48. The number of carbonyl (C=O) groups is 5. The zero-order chi connectivity index (χ0) is 50.4. The van der Waals surface area contributed by atoms with E-state index in [1.54, 1.807) is 47.3 Å². The number of anilines is 3. The van der Waals surface area contributed by atoms with Crippen LogP contribution in [-0.4, -0.2) is 177 Å². The average molecular weight is 996 g/mol. The third-order valence-corrected chi connectivity index (χ3v) is 14.5. The summed E-state index contributed by atoms with van der Waals surface area (Å²) < 4.78 is 14.0. The van der Waals surface area contributed by atoms with Crippen molar-refractivity contribution in [2.24, 2.45) is 0 Å². The molecule has 0 saturated carbocycles. The Bertz CT molecular complexity index is 2830. The average Bonchev–Trinajstić information content (AvgIpc) is 3.97. The van der Waals surface area contributed by atoms with Crippen molar-refractivity contribution >= 4 is 46.7 Å². The highest BCUT2D eigenvalue weighted by Gasteiger charge is 2.46. The highest BCUT2D eigenvalue weighted by atomic mass is 16.5. The summed E-state index contributed by atoms with van der Waals surface area (Å²) in [5.74, 6) is -1.18. The number of fused-ring (bicyclic) bond motifs is 1. The van der Waals surface area contributed by atoms with Gasteiger partial charge in [-0.05, 0) is 87.3 Å². The number of phenols is 1. The summed E-state index contributed by atoms with van der Waals surface area (Å²) in [5, 5.41) is 29.3. The molecule has 73 heavy (non-hydrogen) atoms. The Labute approximate surface area is 422 Å². The molecule has 0 bridgehead atoms. The van der Waals surface area contributed by atoms with Crippen molar-refractivity contribution in [1.29, 1.82) is 0 Å². The van der Waals surface area contributed by atoms with E-state index in [4.69, 9.17) is 15.2 Å². The second-order valence-electron chi connectivity index (χ2n) is 19.2. The minimum atomic E-state index is -1.06. The zero-order valence-electron chi connectivity index (χ0n) is 40.8. The van der Waals surface area contributed by atoms with Crippen molar-refractivity contribution in [2.45, 2.75) is 63.6 Å². The van der Waals surface area contributed by atoms with Gasteiger partial charge in [-0.2, -0.15) is 0 Å². The van der Waals surface area contributed by atoms with Crippen LogP contribution in [0.5, 0.6) is 17.2 Å². The molecule has 0 radical (unpaired) electrons. The number of imide groups is 2. The number of nitrogens with two attached hydrogens (primary N) is 1. The number of carbonyl (C=O) groups excluding carboxylic acids is 5. The van der Waals surface area contributed by atoms with Gasteiger partial charge in [0.05, 0.1) is 36.5 Å². The quantitative estimate of drug-likeness (QED) is 0.114. The maximum atomic E-state index is 13.4. The SMILES string of the molecule is Nc1nnc(-c2ccccc2O)cc1O[C@H]1CCCN(c2ccc(N3CCN(CCCN4CCN(C(=O)CCn5cc(CCOc6cccc7c6C(=O)N(C6CCC(=O)NC6=O)C7=O)nn5)CC4)CC3)cc2)C1. The molecule has 5 aromatic rings. The number of nitrogens with zero attached hydrogens (tertiary/aromatic N) is 11. The molecule has 5 aliphatic heterocycles. The molecule has 10 rings (SSSR count). The van der Waals surface area contributed by atoms with E-state index >= 15 is 0 Å². The molecule has 1 unspecified atom stereocenters. The van der Waals surface area contributed by atoms with Crippen molar-refractivity contribution < 1.29 is 38.6 Å². The molecular formula is C52H61N13O8. The summed E-state index contributed by atoms with van der Waals surface area (Å²) in [6.45, 7) is 11.4. The normalized spacial score (nSPS) is 19.8. The van der Waals surface area contributed by atoms with Crippen molar-refractivity contribution in [3.8, 4) is 28.5 Å². The van der Waals surface area contributed by atoms with Gasteiger partial charge in [-0.25, -0.2) is 0 Å². The summed E-state index contributed by atoms with van der Waals surface area (Å²) in [7, 11) is 0. The van der Waals surface area contributed by atoms with E-state index in [2.05, 4.69) is 69.7 Å². The molecule has 382 valence electrons. The first-order valence-corrected chi connectivity index (χ1v) is 25.3. The number of nitrogen functional groups attached to an aromatic ring is 1. The molecule has 3 aromatic carbocycles. The number of amides is 5. The zero-order valence-corrected chi connectivity index (χ0v) is 40.8. The summed E-state index contributed by atoms with van der Waals surface area (Å²) in [5.41, 5.74) is 10.6. The molecule has 2 aromatic heterocycles. The smallest absolute Gasteiger partial charge is 0.266 e. The third-order valence-electron chi connectivity index (χ3n) is 14.5. The number of rotatable bonds is 17. The number of nitrogens with one attached hydrogen (secondary N) is 1. The van der Waals surface area contributed by atoms with E-state index in [0.29, 0.717) is 55.2 Å². The van der Waals surface area contributed by atoms with E-state index < -0.39 is 29.7 Å². The Morgan fingerprint density at radius 1 is 0.753 bits per heavy atom. The summed E-state index contributed by atoms with van der Waals surface area (Å²) in [6, 6.07) is 21.3. The van der Waals surface area contributed by atoms with Crippen LogP contribution in [0.3, 0.4) is 0 Å². The van der Waals surface area contributed by atoms with E-state index in [0.717, 1.165) is 89.6 Å². The predicted octanol–water partition coefficient (Wildman–Crippen LogP) is 2.84. The van der Waals surface area contributed by atoms with E-state index in [1.165, 1.54) is 17.4 Å². The van der Waals surface area contributed by atoms with Crippen LogP contribution in [0.25, 0.3) is 11.3 Å². The number of aryl methyl sites for hydroxylation is 1. The number of piperazine rings is 2. The van der Waals surface area contributed by atoms with Crippen LogP contribution in [-0.2, 0) is 27.3 Å². The number of aromatic nitrogens is 5. The minimum absolute atomic E-state index is 0.0398. The molecule has 5 amide bonds. The number of piperidine rings is 2. The predicted molar refractivity (Wildman–Crippen MR) is 269 cm³/mol. The third kappa shape index (κ3) is 11.2. The molecule has 21 heteroatoms. The molecule has 7 heterocycles. The van der Waals surface area contributed by atoms with Crippen LogP contribution in [0.1, 0.15) is 64.9 Å². The first kappa shape index (κ1) is 49.0. The molecule has 0 aliphatic carbocycles. The highest BCUT2D eigenvalue weighted by Crippen LogP contribution is 2.35. The Hall–Kier alpha value is -7.65. The molecule has 2 atom stereocenters. The van der Waals surface area contributed by atoms with Gasteiger partial charge in [0.25, 0.3) is 11.8 Å². The maximum absolute atomic E-state index is 13.4. The largest absolute Gasteiger partial charge is 0.507 e. The fourth-order valence-electron chi connectivity index (χ4n) is 10.4. The van der Waals surface area contributed by atoms with Gasteiger partial charge in [0.1, 0.15) is 29.3 Å². The van der Waals surface area contributed by atoms with Crippen LogP contribution in [0.2, 0.25) is 0 Å². The lowest BCUT2D eigenvalue weighted by molar-refractivity contribution is -0.136. The van der Waals surface area contributed by atoms with Crippen molar-refractivity contribution in [3.63, 3.8) is 0 Å². The van der Waals surface area contributed by atoms with Crippen LogP contribution < -0.4 is 30.3 Å². The number of aromatic hydroxyl groups is 1. The number of ether oxygens (including phenoxy) is 2. The van der Waals surface area contributed by atoms with Gasteiger partial charge in [0, 0.05) is 107 Å². The number of para-hydroxylation sites is 1. The Kier molecular flexibility index (Phi) is 14.8. The van der Waals surface area contributed by atoms with E-state index in [1.807, 2.05) is 11.0 Å². The lowest BCUT2D eigenvalue weighted by Crippen LogP contribution is -2.54. The van der Waals surface area contributed by atoms with Crippen LogP contribution in [0.15, 0.2) is 79.0 Å². The second-order valence-corrected chi connectivity index (χ2v) is 19.2. The number of hydrogen-bond acceptors (Lipinski definition) is 17. The number of phenolic OH excluding ortho intramolecular Hbond substituents is 1. The van der Waals surface area contributed by atoms with Gasteiger partial charge < -0.3 is 35.0 Å². The van der Waals surface area contributed by atoms with Crippen molar-refractivity contribution in [2.75, 3.05) is 101 Å². The van der Waals surface area contributed by atoms with Crippen LogP contribution in [0, 0.1) is 0 Å². The van der Waals surface area contributed by atoms with Crippen LogP contribution in [0.4, 0.5) is 17.2 Å². The summed E-state index contributed by atoms with van der Waals surface area (Å²) in [4.78, 5) is 76.5. The van der Waals surface area contributed by atoms with Gasteiger partial charge in [-0.3, -0.25) is 48.7 Å². The first-order valence-electron chi connectivity index (χ1n) is 25.3. The number of hydrogen-bond donors (Lipinski definition) is 3. The Balaban J connectivity index is 0.597. The molecule has 4 saturated heterocycles. The first-order chi connectivity index (χ1) is 35.5. The maximum Gasteiger partial charge on any atom is 0.266 e. The molecule has 4 fully saturated rings. The van der Waals surface area contributed by atoms with Gasteiger partial charge in [-0.15, -0.1) is 15.3 Å². The molecule has 0 spiro atoms. The van der Waals surface area contributed by atoms with Gasteiger partial charge >= 0.3 is 0 Å². The second kappa shape index (κ2) is 22.0. The van der Waals surface area contributed by atoms with E-state index in [9.17, 15) is 29.1 Å². The fraction of sp³-hybridized carbons (Fsp3) is 0.442. The molecule has 4 N–H and O–H groups in total. The van der Waals surface area contributed by atoms with Crippen LogP contribution >= 0.6 is 0 Å². The standard InChI is InChI=1S/C52H61N13O8/c53-49-45(32-41(56-57-49)39-7-1-2-9-43(39)66)73-38-6-4-21-63(34-38)37-13-11-36(12-14-37)61-27-23-59(24-28-61)19-5-20-60-25-29-62(30-26-60)47(68)17-22-64-33-35(55-58-64)18-31-72-44-10-3-8-40-48(44)52(71)65(51(40)70)42-15-16-46(67)54-50(42)69/h1-3,7-14,32-33,38,42,66H,4-6,15-31,34H2,(H2,53,57)(H,54,67,69)/t38-,42?/m0/s1. The molecular weight excluding hydrogens is 935 g/mol. The fourth-order valence-corrected chi connectivity index (χ4v) is 10.4. The molecule has 21 nitrogen and oxygen atoms in total. The lowest BCUT2D eigenvalue weighted by Gasteiger charge is -2.38. The highest BCUT2D eigenvalue weighted by molar-refractivity contribution is 6.24. The topological polar surface area (TPSA) is 238 Å². The number of benzene rings is 3. The van der Waals surface area contributed by atoms with Gasteiger partial charge in [-0.1, -0.05) is 23.4 Å². The van der Waals surface area contributed by atoms with Crippen molar-refractivity contribution in [3.05, 3.63) is 95.8 Å². The molecule has 5 aliphatic rings. The van der Waals surface area contributed by atoms with Gasteiger partial charge in [0.2, 0.25) is 17.7 Å². The lowest BCUT2D eigenvalue weighted by atomic mass is 10.0. The minimum Gasteiger partial charge on any atom is -0.507 e. The van der Waals surface area contributed by atoms with Crippen molar-refractivity contribution in [1.82, 2.24) is 50.1 Å². The monoisotopic (exact) mass is 995 g/mol. The Morgan fingerprint density at radius 3 is 2.23 bits per heavy atom. The Morgan fingerprint density at radius 2 is 1.48 bits per heavy atom. The summed E-state index contributed by atoms with van der Waals surface area (Å²) >= 11 is 0. The van der Waals surface area contributed by atoms with E-state index in [-0.39, 0.29) is 59.9 Å².